The molecule has 6 heteroatoms. The highest BCUT2D eigenvalue weighted by Crippen LogP contribution is 2.24. The summed E-state index contributed by atoms with van der Waals surface area (Å²) in [5.74, 6) is -0.864. The summed E-state index contributed by atoms with van der Waals surface area (Å²) in [5, 5.41) is 20.4. The van der Waals surface area contributed by atoms with Gasteiger partial charge in [-0.2, -0.15) is 0 Å². The molecule has 0 spiro atoms. The second-order valence-corrected chi connectivity index (χ2v) is 3.35. The Labute approximate surface area is 91.5 Å². The summed E-state index contributed by atoms with van der Waals surface area (Å²) in [6.45, 7) is 0. The molecule has 5 nitrogen and oxygen atoms in total. The molecule has 0 radical (unpaired) electrons. The van der Waals surface area contributed by atoms with Crippen LogP contribution in [0.3, 0.4) is 0 Å². The first-order chi connectivity index (χ1) is 6.99. The van der Waals surface area contributed by atoms with Gasteiger partial charge in [-0.3, -0.25) is 4.79 Å². The van der Waals surface area contributed by atoms with Gasteiger partial charge in [0, 0.05) is 0 Å². The van der Waals surface area contributed by atoms with Crippen LogP contribution in [0, 0.1) is 0 Å². The Bertz CT molecular complexity index is 406. The molecule has 0 saturated carbocycles. The Hall–Kier alpha value is -1.82. The maximum atomic E-state index is 11.2. The van der Waals surface area contributed by atoms with Crippen LogP contribution >= 0.6 is 12.2 Å². The van der Waals surface area contributed by atoms with Crippen molar-refractivity contribution in [3.63, 3.8) is 0 Å². The van der Waals surface area contributed by atoms with Gasteiger partial charge in [-0.25, -0.2) is 0 Å². The summed E-state index contributed by atoms with van der Waals surface area (Å²) in [6, 6.07) is 4.13. The fourth-order valence-corrected chi connectivity index (χ4v) is 1.16. The molecule has 0 unspecified atom stereocenters. The minimum absolute atomic E-state index is 0.0329. The molecule has 0 bridgehead atoms. The number of nitrogens with one attached hydrogen (secondary N) is 1. The molecule has 0 atom stereocenters. The lowest BCUT2D eigenvalue weighted by molar-refractivity contribution is -0.119. The highest BCUT2D eigenvalue weighted by atomic mass is 32.1. The van der Waals surface area contributed by atoms with E-state index < -0.39 is 0 Å². The first-order valence-electron chi connectivity index (χ1n) is 4.09. The number of phenolic OH excluding ortho intramolecular Hbond substituents is 2. The smallest absolute Gasteiger partial charge is 0.230 e. The summed E-state index contributed by atoms with van der Waals surface area (Å²) in [7, 11) is 0. The van der Waals surface area contributed by atoms with Crippen LogP contribution in [-0.2, 0) is 11.2 Å². The van der Waals surface area contributed by atoms with Crippen LogP contribution in [0.1, 0.15) is 5.56 Å². The Morgan fingerprint density at radius 2 is 2.07 bits per heavy atom. The summed E-state index contributed by atoms with van der Waals surface area (Å²) in [5.41, 5.74) is 5.67. The molecule has 1 aromatic rings. The molecule has 1 amide bonds. The Kier molecular flexibility index (Phi) is 3.46. The third-order valence-electron chi connectivity index (χ3n) is 1.67. The van der Waals surface area contributed by atoms with Crippen molar-refractivity contribution in [1.82, 2.24) is 5.32 Å². The third-order valence-corrected chi connectivity index (χ3v) is 1.77. The molecule has 80 valence electrons. The van der Waals surface area contributed by atoms with E-state index in [0.29, 0.717) is 5.56 Å². The van der Waals surface area contributed by atoms with Gasteiger partial charge in [0.05, 0.1) is 6.42 Å². The van der Waals surface area contributed by atoms with Crippen LogP contribution in [-0.4, -0.2) is 21.2 Å². The van der Waals surface area contributed by atoms with Crippen molar-refractivity contribution in [3.05, 3.63) is 23.8 Å². The standard InChI is InChI=1S/C9H10N2O3S/c10-9(15)11-8(14)4-5-1-2-6(12)7(13)3-5/h1-3,12-13H,4H2,(H3,10,11,14,15). The number of hydrogen-bond donors (Lipinski definition) is 4. The molecule has 0 saturated heterocycles. The molecule has 0 aliphatic carbocycles. The summed E-state index contributed by atoms with van der Waals surface area (Å²) in [6.07, 6.45) is 0.0329. The lowest BCUT2D eigenvalue weighted by Gasteiger charge is -2.04. The summed E-state index contributed by atoms with van der Waals surface area (Å²) in [4.78, 5) is 11.2. The van der Waals surface area contributed by atoms with Gasteiger partial charge in [-0.15, -0.1) is 0 Å². The largest absolute Gasteiger partial charge is 0.504 e. The van der Waals surface area contributed by atoms with E-state index in [1.54, 1.807) is 0 Å². The SMILES string of the molecule is NC(=S)NC(=O)Cc1ccc(O)c(O)c1. The Morgan fingerprint density at radius 3 is 2.60 bits per heavy atom. The number of nitrogens with two attached hydrogens (primary N) is 1. The van der Waals surface area contributed by atoms with Gasteiger partial charge in [0.25, 0.3) is 0 Å². The zero-order chi connectivity index (χ0) is 11.4. The fourth-order valence-electron chi connectivity index (χ4n) is 1.05. The zero-order valence-electron chi connectivity index (χ0n) is 7.73. The van der Waals surface area contributed by atoms with Gasteiger partial charge in [-0.05, 0) is 29.9 Å². The maximum Gasteiger partial charge on any atom is 0.230 e. The van der Waals surface area contributed by atoms with E-state index in [1.807, 2.05) is 0 Å². The van der Waals surface area contributed by atoms with E-state index in [9.17, 15) is 4.79 Å². The van der Waals surface area contributed by atoms with E-state index in [-0.39, 0.29) is 28.9 Å². The normalized spacial score (nSPS) is 9.60. The predicted molar refractivity (Wildman–Crippen MR) is 58.4 cm³/mol. The summed E-state index contributed by atoms with van der Waals surface area (Å²) >= 11 is 4.49. The molecule has 15 heavy (non-hydrogen) atoms. The Morgan fingerprint density at radius 1 is 1.40 bits per heavy atom. The number of amides is 1. The highest BCUT2D eigenvalue weighted by molar-refractivity contribution is 7.80. The van der Waals surface area contributed by atoms with Gasteiger partial charge >= 0.3 is 0 Å². The molecule has 5 N–H and O–H groups in total. The van der Waals surface area contributed by atoms with Crippen molar-refractivity contribution in [1.29, 1.82) is 0 Å². The number of aromatic hydroxyl groups is 2. The van der Waals surface area contributed by atoms with Gasteiger partial charge in [0.2, 0.25) is 5.91 Å². The van der Waals surface area contributed by atoms with Crippen molar-refractivity contribution < 1.29 is 15.0 Å². The minimum Gasteiger partial charge on any atom is -0.504 e. The average molecular weight is 226 g/mol. The van der Waals surface area contributed by atoms with Crippen molar-refractivity contribution in [3.8, 4) is 11.5 Å². The van der Waals surface area contributed by atoms with Crippen LogP contribution in [0.15, 0.2) is 18.2 Å². The molecule has 1 aromatic carbocycles. The highest BCUT2D eigenvalue weighted by Gasteiger charge is 2.06. The van der Waals surface area contributed by atoms with Crippen LogP contribution in [0.25, 0.3) is 0 Å². The van der Waals surface area contributed by atoms with Crippen LogP contribution in [0.4, 0.5) is 0 Å². The molecular formula is C9H10N2O3S. The summed E-state index contributed by atoms with van der Waals surface area (Å²) < 4.78 is 0. The van der Waals surface area contributed by atoms with E-state index in [1.165, 1.54) is 18.2 Å². The molecule has 0 fully saturated rings. The number of phenols is 2. The van der Waals surface area contributed by atoms with Gasteiger partial charge in [-0.1, -0.05) is 6.07 Å². The Balaban J connectivity index is 2.69. The third kappa shape index (κ3) is 3.43. The van der Waals surface area contributed by atoms with Gasteiger partial charge in [0.1, 0.15) is 0 Å². The number of hydrogen-bond acceptors (Lipinski definition) is 4. The maximum absolute atomic E-state index is 11.2. The lowest BCUT2D eigenvalue weighted by Crippen LogP contribution is -2.35. The van der Waals surface area contributed by atoms with E-state index in [0.717, 1.165) is 0 Å². The number of benzene rings is 1. The van der Waals surface area contributed by atoms with E-state index >= 15 is 0 Å². The predicted octanol–water partition coefficient (Wildman–Crippen LogP) is 0.0001000. The molecule has 0 aliphatic heterocycles. The van der Waals surface area contributed by atoms with Crippen LogP contribution in [0.2, 0.25) is 0 Å². The second-order valence-electron chi connectivity index (χ2n) is 2.91. The van der Waals surface area contributed by atoms with Crippen LogP contribution in [0.5, 0.6) is 11.5 Å². The quantitative estimate of drug-likeness (QED) is 0.420. The monoisotopic (exact) mass is 226 g/mol. The molecule has 0 aromatic heterocycles. The average Bonchev–Trinajstić information content (AvgIpc) is 2.10. The van der Waals surface area contributed by atoms with Gasteiger partial charge < -0.3 is 21.3 Å². The fraction of sp³-hybridized carbons (Fsp3) is 0.111. The zero-order valence-corrected chi connectivity index (χ0v) is 8.54. The van der Waals surface area contributed by atoms with Gasteiger partial charge in [0.15, 0.2) is 16.6 Å². The van der Waals surface area contributed by atoms with Crippen molar-refractivity contribution in [2.24, 2.45) is 5.73 Å². The molecule has 0 heterocycles. The molecular weight excluding hydrogens is 216 g/mol. The number of carbonyl (C=O) groups is 1. The van der Waals surface area contributed by atoms with E-state index in [4.69, 9.17) is 15.9 Å². The van der Waals surface area contributed by atoms with Crippen LogP contribution < -0.4 is 11.1 Å². The number of thiocarbonyl (C=S) groups is 1. The first-order valence-corrected chi connectivity index (χ1v) is 4.50. The topological polar surface area (TPSA) is 95.6 Å². The molecule has 1 rings (SSSR count). The molecule has 0 aliphatic rings. The lowest BCUT2D eigenvalue weighted by atomic mass is 10.1. The number of carbonyl (C=O) groups excluding carboxylic acids is 1. The second kappa shape index (κ2) is 4.61. The number of rotatable bonds is 2. The van der Waals surface area contributed by atoms with Crippen molar-refractivity contribution in [2.45, 2.75) is 6.42 Å². The van der Waals surface area contributed by atoms with E-state index in [2.05, 4.69) is 17.5 Å². The minimum atomic E-state index is -0.368. The van der Waals surface area contributed by atoms with Crippen molar-refractivity contribution >= 4 is 23.2 Å². The first kappa shape index (κ1) is 11.3. The van der Waals surface area contributed by atoms with Crippen molar-refractivity contribution in [2.75, 3.05) is 0 Å².